The Balaban J connectivity index is 1.98. The number of fused-ring (bicyclic) bond motifs is 3. The maximum Gasteiger partial charge on any atom is 0.259 e. The number of hydrogen-bond acceptors (Lipinski definition) is 2. The second-order valence-corrected chi connectivity index (χ2v) is 6.13. The molecule has 5 rings (SSSR count). The van der Waals surface area contributed by atoms with Gasteiger partial charge >= 0.3 is 0 Å². The first-order valence-electron chi connectivity index (χ1n) is 8.21. The van der Waals surface area contributed by atoms with E-state index in [2.05, 4.69) is 35.3 Å². The van der Waals surface area contributed by atoms with E-state index in [1.807, 2.05) is 42.5 Å². The van der Waals surface area contributed by atoms with E-state index in [0.717, 1.165) is 27.1 Å². The summed E-state index contributed by atoms with van der Waals surface area (Å²) < 4.78 is 0. The van der Waals surface area contributed by atoms with E-state index in [4.69, 9.17) is 4.98 Å². The van der Waals surface area contributed by atoms with Crippen LogP contribution in [0.5, 0.6) is 0 Å². The summed E-state index contributed by atoms with van der Waals surface area (Å²) in [6, 6.07) is 26.0. The molecule has 1 aromatic heterocycles. The molecule has 3 nitrogen and oxygen atoms in total. The molecule has 0 saturated heterocycles. The predicted octanol–water partition coefficient (Wildman–Crippen LogP) is 4.90. The standard InChI is InChI=1S/C22H14N2O/c25-22-18-11-5-6-12-19(18)23-21(24-22)20-16-9-3-1-7-14(16)13-15-8-2-4-10-17(15)20/h1-13H,(H,23,24,25). The second kappa shape index (κ2) is 5.28. The number of nitrogens with one attached hydrogen (secondary N) is 1. The quantitative estimate of drug-likeness (QED) is 0.446. The Morgan fingerprint density at radius 2 is 1.24 bits per heavy atom. The van der Waals surface area contributed by atoms with Gasteiger partial charge in [-0.1, -0.05) is 60.7 Å². The van der Waals surface area contributed by atoms with E-state index in [-0.39, 0.29) is 5.56 Å². The largest absolute Gasteiger partial charge is 0.306 e. The third kappa shape index (κ3) is 2.13. The highest BCUT2D eigenvalue weighted by molar-refractivity contribution is 6.11. The molecule has 0 aliphatic carbocycles. The second-order valence-electron chi connectivity index (χ2n) is 6.13. The predicted molar refractivity (Wildman–Crippen MR) is 103 cm³/mol. The molecule has 3 heteroatoms. The molecule has 0 aliphatic heterocycles. The number of H-pyrrole nitrogens is 1. The van der Waals surface area contributed by atoms with Crippen LogP contribution in [0.3, 0.4) is 0 Å². The Kier molecular flexibility index (Phi) is 2.94. The lowest BCUT2D eigenvalue weighted by Gasteiger charge is -2.11. The van der Waals surface area contributed by atoms with Gasteiger partial charge in [-0.3, -0.25) is 4.79 Å². The van der Waals surface area contributed by atoms with E-state index < -0.39 is 0 Å². The van der Waals surface area contributed by atoms with E-state index in [0.29, 0.717) is 16.7 Å². The number of aromatic nitrogens is 2. The fourth-order valence-electron chi connectivity index (χ4n) is 3.47. The first-order valence-corrected chi connectivity index (χ1v) is 8.21. The van der Waals surface area contributed by atoms with E-state index in [1.165, 1.54) is 0 Å². The van der Waals surface area contributed by atoms with Crippen molar-refractivity contribution >= 4 is 32.4 Å². The molecule has 0 saturated carbocycles. The number of hydrogen-bond donors (Lipinski definition) is 1. The van der Waals surface area contributed by atoms with Gasteiger partial charge in [-0.2, -0.15) is 0 Å². The number of rotatable bonds is 1. The molecule has 0 fully saturated rings. The van der Waals surface area contributed by atoms with E-state index >= 15 is 0 Å². The molecule has 1 heterocycles. The first-order chi connectivity index (χ1) is 12.3. The molecule has 118 valence electrons. The molecule has 4 aromatic carbocycles. The summed E-state index contributed by atoms with van der Waals surface area (Å²) in [5.41, 5.74) is 1.56. The van der Waals surface area contributed by atoms with Gasteiger partial charge in [0.1, 0.15) is 5.82 Å². The number of benzene rings is 4. The highest BCUT2D eigenvalue weighted by Crippen LogP contribution is 2.34. The zero-order valence-corrected chi connectivity index (χ0v) is 13.4. The van der Waals surface area contributed by atoms with Crippen molar-refractivity contribution in [3.63, 3.8) is 0 Å². The summed E-state index contributed by atoms with van der Waals surface area (Å²) in [6.45, 7) is 0. The Morgan fingerprint density at radius 3 is 1.92 bits per heavy atom. The van der Waals surface area contributed by atoms with Gasteiger partial charge in [-0.15, -0.1) is 0 Å². The topological polar surface area (TPSA) is 45.8 Å². The molecule has 0 atom stereocenters. The van der Waals surface area contributed by atoms with Gasteiger partial charge in [0.2, 0.25) is 0 Å². The van der Waals surface area contributed by atoms with Gasteiger partial charge < -0.3 is 4.98 Å². The Morgan fingerprint density at radius 1 is 0.680 bits per heavy atom. The normalized spacial score (nSPS) is 11.4. The molecule has 0 unspecified atom stereocenters. The van der Waals surface area contributed by atoms with Crippen LogP contribution < -0.4 is 5.56 Å². The van der Waals surface area contributed by atoms with E-state index in [1.54, 1.807) is 6.07 Å². The van der Waals surface area contributed by atoms with Gasteiger partial charge in [0.25, 0.3) is 5.56 Å². The molecule has 5 aromatic rings. The van der Waals surface area contributed by atoms with E-state index in [9.17, 15) is 4.79 Å². The lowest BCUT2D eigenvalue weighted by molar-refractivity contribution is 1.19. The van der Waals surface area contributed by atoms with Crippen LogP contribution in [0.2, 0.25) is 0 Å². The zero-order chi connectivity index (χ0) is 16.8. The van der Waals surface area contributed by atoms with Crippen LogP contribution in [-0.4, -0.2) is 9.97 Å². The Bertz CT molecular complexity index is 1260. The third-order valence-corrected chi connectivity index (χ3v) is 4.62. The van der Waals surface area contributed by atoms with Crippen LogP contribution >= 0.6 is 0 Å². The monoisotopic (exact) mass is 322 g/mol. The molecular weight excluding hydrogens is 308 g/mol. The average Bonchev–Trinajstić information content (AvgIpc) is 2.66. The minimum absolute atomic E-state index is 0.113. The van der Waals surface area contributed by atoms with Crippen molar-refractivity contribution in [3.05, 3.63) is 89.2 Å². The molecule has 0 bridgehead atoms. The summed E-state index contributed by atoms with van der Waals surface area (Å²) >= 11 is 0. The van der Waals surface area contributed by atoms with Gasteiger partial charge in [0, 0.05) is 5.56 Å². The van der Waals surface area contributed by atoms with Crippen LogP contribution in [0.4, 0.5) is 0 Å². The Labute approximate surface area is 143 Å². The van der Waals surface area contributed by atoms with Gasteiger partial charge in [0.05, 0.1) is 10.9 Å². The summed E-state index contributed by atoms with van der Waals surface area (Å²) in [5, 5.41) is 5.04. The molecule has 0 aliphatic rings. The van der Waals surface area contributed by atoms with Crippen molar-refractivity contribution in [3.8, 4) is 11.4 Å². The average molecular weight is 322 g/mol. The smallest absolute Gasteiger partial charge is 0.259 e. The van der Waals surface area contributed by atoms with Crippen LogP contribution in [0.1, 0.15) is 0 Å². The Hall–Kier alpha value is -3.46. The number of aromatic amines is 1. The van der Waals surface area contributed by atoms with Gasteiger partial charge in [0.15, 0.2) is 0 Å². The van der Waals surface area contributed by atoms with Crippen LogP contribution in [0.15, 0.2) is 83.7 Å². The number of nitrogens with zero attached hydrogens (tertiary/aromatic N) is 1. The van der Waals surface area contributed by atoms with Gasteiger partial charge in [-0.05, 0) is 39.7 Å². The van der Waals surface area contributed by atoms with Crippen LogP contribution in [0, 0.1) is 0 Å². The summed E-state index contributed by atoms with van der Waals surface area (Å²) in [6.07, 6.45) is 0. The van der Waals surface area contributed by atoms with Crippen LogP contribution in [-0.2, 0) is 0 Å². The van der Waals surface area contributed by atoms with Crippen molar-refractivity contribution in [1.82, 2.24) is 9.97 Å². The lowest BCUT2D eigenvalue weighted by atomic mass is 9.96. The van der Waals surface area contributed by atoms with Crippen molar-refractivity contribution in [2.24, 2.45) is 0 Å². The zero-order valence-electron chi connectivity index (χ0n) is 13.4. The van der Waals surface area contributed by atoms with Crippen LogP contribution in [0.25, 0.3) is 43.8 Å². The lowest BCUT2D eigenvalue weighted by Crippen LogP contribution is -2.09. The maximum absolute atomic E-state index is 12.5. The highest BCUT2D eigenvalue weighted by Gasteiger charge is 2.13. The summed E-state index contributed by atoms with van der Waals surface area (Å²) in [5.74, 6) is 0.608. The van der Waals surface area contributed by atoms with Crippen molar-refractivity contribution in [2.45, 2.75) is 0 Å². The highest BCUT2D eigenvalue weighted by atomic mass is 16.1. The number of para-hydroxylation sites is 1. The maximum atomic E-state index is 12.5. The van der Waals surface area contributed by atoms with Crippen molar-refractivity contribution in [2.75, 3.05) is 0 Å². The SMILES string of the molecule is O=c1[nH]c(-c2c3ccccc3cc3ccccc23)nc2ccccc12. The third-order valence-electron chi connectivity index (χ3n) is 4.62. The molecule has 0 radical (unpaired) electrons. The fourth-order valence-corrected chi connectivity index (χ4v) is 3.47. The molecular formula is C22H14N2O. The minimum atomic E-state index is -0.113. The molecule has 25 heavy (non-hydrogen) atoms. The summed E-state index contributed by atoms with van der Waals surface area (Å²) in [7, 11) is 0. The molecule has 0 spiro atoms. The van der Waals surface area contributed by atoms with Crippen molar-refractivity contribution in [1.29, 1.82) is 0 Å². The molecule has 0 amide bonds. The fraction of sp³-hybridized carbons (Fsp3) is 0. The summed E-state index contributed by atoms with van der Waals surface area (Å²) in [4.78, 5) is 20.3. The minimum Gasteiger partial charge on any atom is -0.306 e. The molecule has 1 N–H and O–H groups in total. The van der Waals surface area contributed by atoms with Crippen molar-refractivity contribution < 1.29 is 0 Å². The first kappa shape index (κ1) is 13.9. The van der Waals surface area contributed by atoms with Gasteiger partial charge in [-0.25, -0.2) is 4.98 Å².